The fourth-order valence-electron chi connectivity index (χ4n) is 3.55. The van der Waals surface area contributed by atoms with Crippen LogP contribution in [0.5, 0.6) is 0 Å². The lowest BCUT2D eigenvalue weighted by Gasteiger charge is -2.13. The summed E-state index contributed by atoms with van der Waals surface area (Å²) in [5, 5.41) is 7.13. The number of fused-ring (bicyclic) bond motifs is 1. The van der Waals surface area contributed by atoms with Crippen molar-refractivity contribution >= 4 is 23.3 Å². The minimum absolute atomic E-state index is 0.243. The summed E-state index contributed by atoms with van der Waals surface area (Å²) in [5.41, 5.74) is 6.38. The lowest BCUT2D eigenvalue weighted by Crippen LogP contribution is -2.22. The normalized spacial score (nSPS) is 14.3. The summed E-state index contributed by atoms with van der Waals surface area (Å²) in [7, 11) is 0. The van der Waals surface area contributed by atoms with E-state index in [1.54, 1.807) is 36.5 Å². The van der Waals surface area contributed by atoms with Crippen molar-refractivity contribution < 1.29 is 14.0 Å². The second-order valence-corrected chi connectivity index (χ2v) is 7.25. The van der Waals surface area contributed by atoms with Gasteiger partial charge >= 0.3 is 0 Å². The molecule has 7 nitrogen and oxygen atoms in total. The van der Waals surface area contributed by atoms with Gasteiger partial charge in [0, 0.05) is 29.3 Å². The minimum Gasteiger partial charge on any atom is -0.455 e. The molecular weight excluding hydrogens is 380 g/mol. The van der Waals surface area contributed by atoms with E-state index >= 15 is 0 Å². The van der Waals surface area contributed by atoms with E-state index in [9.17, 15) is 9.59 Å². The number of pyridine rings is 1. The van der Waals surface area contributed by atoms with Crippen molar-refractivity contribution in [3.8, 4) is 0 Å². The highest BCUT2D eigenvalue weighted by Crippen LogP contribution is 2.30. The number of anilines is 1. The fourth-order valence-corrected chi connectivity index (χ4v) is 3.55. The van der Waals surface area contributed by atoms with Crippen molar-refractivity contribution in [3.63, 3.8) is 0 Å². The van der Waals surface area contributed by atoms with Gasteiger partial charge in [0.25, 0.3) is 11.8 Å². The Bertz CT molecular complexity index is 1130. The average Bonchev–Trinajstić information content (AvgIpc) is 3.10. The molecule has 2 N–H and O–H groups in total. The lowest BCUT2D eigenvalue weighted by atomic mass is 9.93. The third-order valence-electron chi connectivity index (χ3n) is 5.02. The van der Waals surface area contributed by atoms with Gasteiger partial charge in [0.1, 0.15) is 11.6 Å². The van der Waals surface area contributed by atoms with Crippen molar-refractivity contribution in [3.05, 3.63) is 82.4 Å². The molecule has 1 aliphatic rings. The molecule has 0 atom stereocenters. The molecule has 2 aromatic heterocycles. The maximum Gasteiger partial charge on any atom is 0.292 e. The number of hydrogen-bond donors (Lipinski definition) is 2. The van der Waals surface area contributed by atoms with E-state index < -0.39 is 0 Å². The zero-order valence-corrected chi connectivity index (χ0v) is 16.9. The van der Waals surface area contributed by atoms with Crippen LogP contribution in [0.2, 0.25) is 0 Å². The van der Waals surface area contributed by atoms with Gasteiger partial charge < -0.3 is 9.73 Å². The first kappa shape index (κ1) is 19.6. The Morgan fingerprint density at radius 3 is 2.63 bits per heavy atom. The van der Waals surface area contributed by atoms with Crippen molar-refractivity contribution in [1.29, 1.82) is 0 Å². The highest BCUT2D eigenvalue weighted by Gasteiger charge is 2.28. The standard InChI is InChI=1S/C23H22N4O3/c1-14-11-12-24-19(13-14)25-23(29)21-15(2)20-17(9-6-10-18(20)30-21)26-27-22(28)16-7-4-3-5-8-16/h3-5,7-8,11-13H,6,9-10H2,1-2H3,(H,27,28)(H,24,25,29)/b26-17+. The molecule has 0 saturated heterocycles. The molecule has 152 valence electrons. The van der Waals surface area contributed by atoms with Gasteiger partial charge in [-0.05, 0) is 56.5 Å². The van der Waals surface area contributed by atoms with Gasteiger partial charge in [0.2, 0.25) is 0 Å². The number of nitrogens with zero attached hydrogens (tertiary/aromatic N) is 2. The molecule has 0 spiro atoms. The van der Waals surface area contributed by atoms with Crippen LogP contribution >= 0.6 is 0 Å². The molecular formula is C23H22N4O3. The molecule has 2 heterocycles. The zero-order valence-electron chi connectivity index (χ0n) is 16.9. The van der Waals surface area contributed by atoms with E-state index in [-0.39, 0.29) is 17.6 Å². The topological polar surface area (TPSA) is 96.6 Å². The van der Waals surface area contributed by atoms with Crippen LogP contribution in [0.4, 0.5) is 5.82 Å². The molecule has 1 aliphatic carbocycles. The number of rotatable bonds is 4. The average molecular weight is 402 g/mol. The first-order chi connectivity index (χ1) is 14.5. The van der Waals surface area contributed by atoms with E-state index in [2.05, 4.69) is 20.8 Å². The zero-order chi connectivity index (χ0) is 21.1. The van der Waals surface area contributed by atoms with Gasteiger partial charge in [-0.2, -0.15) is 5.10 Å². The van der Waals surface area contributed by atoms with E-state index in [0.717, 1.165) is 29.7 Å². The maximum atomic E-state index is 12.8. The third kappa shape index (κ3) is 4.00. The number of hydrogen-bond acceptors (Lipinski definition) is 5. The van der Waals surface area contributed by atoms with Crippen LogP contribution in [0, 0.1) is 13.8 Å². The Hall–Kier alpha value is -3.74. The van der Waals surface area contributed by atoms with Crippen molar-refractivity contribution in [2.75, 3.05) is 5.32 Å². The maximum absolute atomic E-state index is 12.8. The number of carbonyl (C=O) groups is 2. The van der Waals surface area contributed by atoms with E-state index in [0.29, 0.717) is 29.1 Å². The number of nitrogens with one attached hydrogen (secondary N) is 2. The predicted molar refractivity (Wildman–Crippen MR) is 114 cm³/mol. The van der Waals surface area contributed by atoms with E-state index in [1.807, 2.05) is 26.0 Å². The van der Waals surface area contributed by atoms with Crippen molar-refractivity contribution in [1.82, 2.24) is 10.4 Å². The number of furan rings is 1. The Morgan fingerprint density at radius 1 is 1.07 bits per heavy atom. The van der Waals surface area contributed by atoms with Gasteiger partial charge in [-0.25, -0.2) is 10.4 Å². The summed E-state index contributed by atoms with van der Waals surface area (Å²) in [4.78, 5) is 29.2. The first-order valence-corrected chi connectivity index (χ1v) is 9.81. The van der Waals surface area contributed by atoms with Crippen molar-refractivity contribution in [2.45, 2.75) is 33.1 Å². The number of amides is 2. The molecule has 0 bridgehead atoms. The predicted octanol–water partition coefficient (Wildman–Crippen LogP) is 4.01. The molecule has 0 saturated carbocycles. The van der Waals surface area contributed by atoms with Gasteiger partial charge in [0.15, 0.2) is 5.76 Å². The van der Waals surface area contributed by atoms with Crippen LogP contribution in [0.1, 0.15) is 56.2 Å². The van der Waals surface area contributed by atoms with E-state index in [1.165, 1.54) is 0 Å². The largest absolute Gasteiger partial charge is 0.455 e. The molecule has 0 fully saturated rings. The molecule has 4 rings (SSSR count). The molecule has 0 unspecified atom stereocenters. The van der Waals surface area contributed by atoms with Gasteiger partial charge in [-0.15, -0.1) is 0 Å². The number of aromatic nitrogens is 1. The van der Waals surface area contributed by atoms with Crippen LogP contribution in [-0.2, 0) is 6.42 Å². The number of aryl methyl sites for hydroxylation is 2. The Morgan fingerprint density at radius 2 is 1.87 bits per heavy atom. The van der Waals surface area contributed by atoms with Crippen LogP contribution < -0.4 is 10.7 Å². The Labute approximate surface area is 174 Å². The molecule has 1 aromatic carbocycles. The molecule has 0 radical (unpaired) electrons. The second kappa shape index (κ2) is 8.32. The molecule has 7 heteroatoms. The Kier molecular flexibility index (Phi) is 5.43. The SMILES string of the molecule is Cc1ccnc(NC(=O)c2oc3c(c2C)/C(=N/NC(=O)c2ccccc2)CCC3)c1. The van der Waals surface area contributed by atoms with Crippen LogP contribution in [0.25, 0.3) is 0 Å². The smallest absolute Gasteiger partial charge is 0.292 e. The van der Waals surface area contributed by atoms with Crippen LogP contribution in [0.15, 0.2) is 58.2 Å². The summed E-state index contributed by atoms with van der Waals surface area (Å²) in [6, 6.07) is 12.6. The third-order valence-corrected chi connectivity index (χ3v) is 5.02. The summed E-state index contributed by atoms with van der Waals surface area (Å²) >= 11 is 0. The first-order valence-electron chi connectivity index (χ1n) is 9.81. The van der Waals surface area contributed by atoms with Gasteiger partial charge in [0.05, 0.1) is 5.71 Å². The van der Waals surface area contributed by atoms with Crippen molar-refractivity contribution in [2.24, 2.45) is 5.10 Å². The van der Waals surface area contributed by atoms with Gasteiger partial charge in [-0.3, -0.25) is 9.59 Å². The quantitative estimate of drug-likeness (QED) is 0.644. The number of hydrazone groups is 1. The molecule has 0 aliphatic heterocycles. The molecule has 2 amide bonds. The van der Waals surface area contributed by atoms with E-state index in [4.69, 9.17) is 4.42 Å². The number of carbonyl (C=O) groups excluding carboxylic acids is 2. The van der Waals surface area contributed by atoms with Crippen LogP contribution in [-0.4, -0.2) is 22.5 Å². The van der Waals surface area contributed by atoms with Gasteiger partial charge in [-0.1, -0.05) is 18.2 Å². The molecule has 3 aromatic rings. The second-order valence-electron chi connectivity index (χ2n) is 7.25. The minimum atomic E-state index is -0.354. The summed E-state index contributed by atoms with van der Waals surface area (Å²) in [6.07, 6.45) is 3.90. The highest BCUT2D eigenvalue weighted by atomic mass is 16.4. The lowest BCUT2D eigenvalue weighted by molar-refractivity contribution is 0.0953. The Balaban J connectivity index is 1.57. The summed E-state index contributed by atoms with van der Waals surface area (Å²) in [5.74, 6) is 0.798. The monoisotopic (exact) mass is 402 g/mol. The molecule has 30 heavy (non-hydrogen) atoms. The summed E-state index contributed by atoms with van der Waals surface area (Å²) < 4.78 is 5.89. The number of benzene rings is 1. The highest BCUT2D eigenvalue weighted by molar-refractivity contribution is 6.09. The van der Waals surface area contributed by atoms with Crippen LogP contribution in [0.3, 0.4) is 0 Å². The summed E-state index contributed by atoms with van der Waals surface area (Å²) in [6.45, 7) is 3.77. The fraction of sp³-hybridized carbons (Fsp3) is 0.217.